The fraction of sp³-hybridized carbons (Fsp3) is 0.667. The van der Waals surface area contributed by atoms with Crippen molar-refractivity contribution in [2.75, 3.05) is 6.54 Å². The standard InChI is InChI=1S/C12H21N/c1-5-6-8-13-9-7-10(2)11(3)12(13)4/h7,9,12H,5-6,8H2,1-4H3. The molecule has 1 atom stereocenters. The van der Waals surface area contributed by atoms with Crippen LogP contribution in [-0.2, 0) is 0 Å². The number of rotatable bonds is 3. The predicted octanol–water partition coefficient (Wildman–Crippen LogP) is 3.34. The van der Waals surface area contributed by atoms with Gasteiger partial charge in [-0.05, 0) is 50.6 Å². The highest BCUT2D eigenvalue weighted by Gasteiger charge is 2.15. The van der Waals surface area contributed by atoms with E-state index in [0.717, 1.165) is 0 Å². The van der Waals surface area contributed by atoms with E-state index in [1.807, 2.05) is 0 Å². The Morgan fingerprint density at radius 2 is 2.08 bits per heavy atom. The molecule has 74 valence electrons. The Kier molecular flexibility index (Phi) is 3.58. The molecule has 0 aliphatic carbocycles. The van der Waals surface area contributed by atoms with E-state index in [1.54, 1.807) is 0 Å². The first-order valence-electron chi connectivity index (χ1n) is 5.28. The summed E-state index contributed by atoms with van der Waals surface area (Å²) in [7, 11) is 0. The van der Waals surface area contributed by atoms with Crippen LogP contribution in [0, 0.1) is 0 Å². The van der Waals surface area contributed by atoms with Gasteiger partial charge in [-0.3, -0.25) is 0 Å². The summed E-state index contributed by atoms with van der Waals surface area (Å²) in [5.74, 6) is 0. The molecular formula is C12H21N. The van der Waals surface area contributed by atoms with Gasteiger partial charge < -0.3 is 4.90 Å². The fourth-order valence-electron chi connectivity index (χ4n) is 1.66. The van der Waals surface area contributed by atoms with Crippen LogP contribution < -0.4 is 0 Å². The summed E-state index contributed by atoms with van der Waals surface area (Å²) in [6.45, 7) is 10.2. The highest BCUT2D eigenvalue weighted by molar-refractivity contribution is 5.29. The maximum Gasteiger partial charge on any atom is 0.0471 e. The van der Waals surface area contributed by atoms with Crippen molar-refractivity contribution in [1.29, 1.82) is 0 Å². The van der Waals surface area contributed by atoms with Crippen molar-refractivity contribution in [2.45, 2.75) is 46.6 Å². The Bertz CT molecular complexity index is 225. The van der Waals surface area contributed by atoms with E-state index in [2.05, 4.69) is 44.9 Å². The second-order valence-electron chi connectivity index (χ2n) is 3.95. The van der Waals surface area contributed by atoms with Gasteiger partial charge in [0, 0.05) is 12.6 Å². The molecule has 0 aromatic rings. The molecule has 1 unspecified atom stereocenters. The molecule has 0 aromatic heterocycles. The lowest BCUT2D eigenvalue weighted by Gasteiger charge is -2.32. The van der Waals surface area contributed by atoms with Crippen molar-refractivity contribution in [2.24, 2.45) is 0 Å². The van der Waals surface area contributed by atoms with Crippen LogP contribution in [0.4, 0.5) is 0 Å². The van der Waals surface area contributed by atoms with Crippen molar-refractivity contribution in [3.63, 3.8) is 0 Å². The number of allylic oxidation sites excluding steroid dienone is 2. The molecule has 0 spiro atoms. The monoisotopic (exact) mass is 179 g/mol. The second-order valence-corrected chi connectivity index (χ2v) is 3.95. The molecule has 1 heteroatoms. The summed E-state index contributed by atoms with van der Waals surface area (Å²) in [6, 6.07) is 0.594. The Hall–Kier alpha value is -0.720. The third-order valence-electron chi connectivity index (χ3n) is 3.03. The summed E-state index contributed by atoms with van der Waals surface area (Å²) < 4.78 is 0. The third-order valence-corrected chi connectivity index (χ3v) is 3.03. The van der Waals surface area contributed by atoms with Crippen molar-refractivity contribution in [1.82, 2.24) is 4.90 Å². The highest BCUT2D eigenvalue weighted by Crippen LogP contribution is 2.21. The van der Waals surface area contributed by atoms with Crippen molar-refractivity contribution >= 4 is 0 Å². The van der Waals surface area contributed by atoms with Gasteiger partial charge in [-0.1, -0.05) is 13.3 Å². The zero-order valence-electron chi connectivity index (χ0n) is 9.30. The average Bonchev–Trinajstić information content (AvgIpc) is 2.13. The van der Waals surface area contributed by atoms with E-state index in [0.29, 0.717) is 6.04 Å². The maximum absolute atomic E-state index is 2.44. The predicted molar refractivity (Wildman–Crippen MR) is 58.6 cm³/mol. The van der Waals surface area contributed by atoms with E-state index in [9.17, 15) is 0 Å². The molecule has 1 rings (SSSR count). The molecule has 1 nitrogen and oxygen atoms in total. The SMILES string of the molecule is CCCCN1C=CC(C)=C(C)C1C. The number of unbranched alkanes of at least 4 members (excludes halogenated alkanes) is 1. The van der Waals surface area contributed by atoms with Crippen molar-refractivity contribution in [3.05, 3.63) is 23.4 Å². The molecule has 0 aromatic carbocycles. The lowest BCUT2D eigenvalue weighted by atomic mass is 10.00. The van der Waals surface area contributed by atoms with Crippen LogP contribution >= 0.6 is 0 Å². The molecule has 0 bridgehead atoms. The normalized spacial score (nSPS) is 22.8. The molecule has 0 saturated heterocycles. The third kappa shape index (κ3) is 2.36. The van der Waals surface area contributed by atoms with Gasteiger partial charge in [0.25, 0.3) is 0 Å². The molecule has 1 aliphatic rings. The van der Waals surface area contributed by atoms with Gasteiger partial charge in [0.1, 0.15) is 0 Å². The summed E-state index contributed by atoms with van der Waals surface area (Å²) >= 11 is 0. The molecule has 1 heterocycles. The van der Waals surface area contributed by atoms with E-state index < -0.39 is 0 Å². The summed E-state index contributed by atoms with van der Waals surface area (Å²) in [4.78, 5) is 2.44. The zero-order chi connectivity index (χ0) is 9.84. The van der Waals surface area contributed by atoms with Crippen LogP contribution in [0.3, 0.4) is 0 Å². The topological polar surface area (TPSA) is 3.24 Å². The summed E-state index contributed by atoms with van der Waals surface area (Å²) in [6.07, 6.45) is 7.04. The van der Waals surface area contributed by atoms with Gasteiger partial charge in [0.15, 0.2) is 0 Å². The van der Waals surface area contributed by atoms with Crippen LogP contribution in [0.25, 0.3) is 0 Å². The number of hydrogen-bond acceptors (Lipinski definition) is 1. The minimum atomic E-state index is 0.594. The zero-order valence-corrected chi connectivity index (χ0v) is 9.30. The minimum absolute atomic E-state index is 0.594. The molecule has 0 saturated carbocycles. The van der Waals surface area contributed by atoms with Gasteiger partial charge in [-0.25, -0.2) is 0 Å². The quantitative estimate of drug-likeness (QED) is 0.642. The Morgan fingerprint density at radius 3 is 2.69 bits per heavy atom. The summed E-state index contributed by atoms with van der Waals surface area (Å²) in [5.41, 5.74) is 2.94. The Morgan fingerprint density at radius 1 is 1.38 bits per heavy atom. The molecule has 0 amide bonds. The van der Waals surface area contributed by atoms with Gasteiger partial charge in [-0.2, -0.15) is 0 Å². The molecule has 1 aliphatic heterocycles. The van der Waals surface area contributed by atoms with Crippen LogP contribution in [0.5, 0.6) is 0 Å². The second kappa shape index (κ2) is 4.50. The lowest BCUT2D eigenvalue weighted by Crippen LogP contribution is -2.32. The van der Waals surface area contributed by atoms with Crippen LogP contribution in [0.2, 0.25) is 0 Å². The van der Waals surface area contributed by atoms with E-state index in [-0.39, 0.29) is 0 Å². The molecule has 0 radical (unpaired) electrons. The maximum atomic E-state index is 2.44. The van der Waals surface area contributed by atoms with Crippen LogP contribution in [-0.4, -0.2) is 17.5 Å². The first-order valence-corrected chi connectivity index (χ1v) is 5.28. The molecular weight excluding hydrogens is 158 g/mol. The van der Waals surface area contributed by atoms with E-state index in [4.69, 9.17) is 0 Å². The molecule has 0 N–H and O–H groups in total. The Balaban J connectivity index is 2.58. The van der Waals surface area contributed by atoms with E-state index >= 15 is 0 Å². The minimum Gasteiger partial charge on any atom is -0.371 e. The van der Waals surface area contributed by atoms with Crippen molar-refractivity contribution < 1.29 is 0 Å². The largest absolute Gasteiger partial charge is 0.371 e. The first-order chi connectivity index (χ1) is 6.16. The Labute approximate surface area is 82.1 Å². The van der Waals surface area contributed by atoms with Gasteiger partial charge in [-0.15, -0.1) is 0 Å². The van der Waals surface area contributed by atoms with Gasteiger partial charge in [0.05, 0.1) is 0 Å². The molecule has 13 heavy (non-hydrogen) atoms. The lowest BCUT2D eigenvalue weighted by molar-refractivity contribution is 0.313. The average molecular weight is 179 g/mol. The van der Waals surface area contributed by atoms with Gasteiger partial charge in [0.2, 0.25) is 0 Å². The summed E-state index contributed by atoms with van der Waals surface area (Å²) in [5, 5.41) is 0. The van der Waals surface area contributed by atoms with Crippen molar-refractivity contribution in [3.8, 4) is 0 Å². The van der Waals surface area contributed by atoms with Gasteiger partial charge >= 0.3 is 0 Å². The fourth-order valence-corrected chi connectivity index (χ4v) is 1.66. The smallest absolute Gasteiger partial charge is 0.0471 e. The highest BCUT2D eigenvalue weighted by atomic mass is 15.1. The van der Waals surface area contributed by atoms with E-state index in [1.165, 1.54) is 30.5 Å². The number of nitrogens with zero attached hydrogens (tertiary/aromatic N) is 1. The molecule has 0 fully saturated rings. The van der Waals surface area contributed by atoms with Crippen LogP contribution in [0.15, 0.2) is 23.4 Å². The van der Waals surface area contributed by atoms with Crippen LogP contribution in [0.1, 0.15) is 40.5 Å². The first kappa shape index (κ1) is 10.4. The number of hydrogen-bond donors (Lipinski definition) is 0.